The van der Waals surface area contributed by atoms with Crippen LogP contribution in [0.25, 0.3) is 0 Å². The number of esters is 1. The molecule has 0 amide bonds. The van der Waals surface area contributed by atoms with Gasteiger partial charge in [0.25, 0.3) is 0 Å². The lowest BCUT2D eigenvalue weighted by molar-refractivity contribution is -0.186. The Bertz CT molecular complexity index is 1300. The molecule has 1 aromatic rings. The minimum Gasteiger partial charge on any atom is -0.458 e. The average Bonchev–Trinajstić information content (AvgIpc) is 3.31. The SMILES string of the molecule is CC(=O)O[C@@]12C[C@@H](C)[C@@]3(O)[C@@H](C=C(COC(=O)OCCSSc4ccccn4)C[C@]4(O)C(=O)C(C)=C[C@@H]34)[C@H]1C2(C)C. The summed E-state index contributed by atoms with van der Waals surface area (Å²) in [5, 5.41) is 25.2. The van der Waals surface area contributed by atoms with Gasteiger partial charge in [-0.2, -0.15) is 0 Å². The molecule has 0 radical (unpaired) electrons. The van der Waals surface area contributed by atoms with Crippen LogP contribution in [0.4, 0.5) is 4.79 Å². The molecule has 9 nitrogen and oxygen atoms in total. The highest BCUT2D eigenvalue weighted by molar-refractivity contribution is 8.76. The van der Waals surface area contributed by atoms with Crippen LogP contribution in [0.2, 0.25) is 0 Å². The van der Waals surface area contributed by atoms with Crippen molar-refractivity contribution >= 4 is 39.5 Å². The second kappa shape index (κ2) is 10.7. The van der Waals surface area contributed by atoms with Gasteiger partial charge in [-0.25, -0.2) is 9.78 Å². The molecule has 41 heavy (non-hydrogen) atoms. The van der Waals surface area contributed by atoms with Gasteiger partial charge in [0.15, 0.2) is 5.78 Å². The van der Waals surface area contributed by atoms with Crippen LogP contribution in [-0.4, -0.2) is 68.9 Å². The zero-order chi connectivity index (χ0) is 29.8. The third-order valence-electron chi connectivity index (χ3n) is 9.54. The third-order valence-corrected chi connectivity index (χ3v) is 11.8. The minimum atomic E-state index is -1.87. The van der Waals surface area contributed by atoms with E-state index in [4.69, 9.17) is 14.2 Å². The molecule has 2 fully saturated rings. The topological polar surface area (TPSA) is 132 Å². The normalized spacial score (nSPS) is 36.5. The Morgan fingerprint density at radius 1 is 1.17 bits per heavy atom. The molecule has 222 valence electrons. The van der Waals surface area contributed by atoms with E-state index in [0.717, 1.165) is 5.03 Å². The van der Waals surface area contributed by atoms with Crippen LogP contribution in [0.15, 0.2) is 52.7 Å². The van der Waals surface area contributed by atoms with Crippen LogP contribution >= 0.6 is 21.6 Å². The smallest absolute Gasteiger partial charge is 0.458 e. The summed E-state index contributed by atoms with van der Waals surface area (Å²) in [5.41, 5.74) is -3.66. The molecule has 5 rings (SSSR count). The maximum atomic E-state index is 13.3. The Hall–Kier alpha value is -2.34. The van der Waals surface area contributed by atoms with Gasteiger partial charge in [-0.05, 0) is 53.3 Å². The molecule has 7 atom stereocenters. The number of hydrogen-bond acceptors (Lipinski definition) is 11. The molecule has 0 unspecified atom stereocenters. The highest BCUT2D eigenvalue weighted by Crippen LogP contribution is 2.76. The maximum absolute atomic E-state index is 13.3. The molecular formula is C30H37NO8S2. The summed E-state index contributed by atoms with van der Waals surface area (Å²) in [4.78, 5) is 42.1. The highest BCUT2D eigenvalue weighted by Gasteiger charge is 2.83. The van der Waals surface area contributed by atoms with Crippen LogP contribution in [0.3, 0.4) is 0 Å². The van der Waals surface area contributed by atoms with Crippen molar-refractivity contribution in [3.63, 3.8) is 0 Å². The van der Waals surface area contributed by atoms with Gasteiger partial charge in [0.1, 0.15) is 29.4 Å². The number of ether oxygens (including phenoxy) is 3. The van der Waals surface area contributed by atoms with Gasteiger partial charge in [0.2, 0.25) is 0 Å². The summed E-state index contributed by atoms with van der Waals surface area (Å²) in [5.74, 6) is -2.36. The maximum Gasteiger partial charge on any atom is 0.508 e. The molecule has 0 saturated heterocycles. The number of rotatable bonds is 8. The third kappa shape index (κ3) is 4.92. The summed E-state index contributed by atoms with van der Waals surface area (Å²) >= 11 is 0. The number of hydrogen-bond donors (Lipinski definition) is 2. The molecule has 1 heterocycles. The number of nitrogens with zero attached hydrogens (tertiary/aromatic N) is 1. The van der Waals surface area contributed by atoms with E-state index in [1.165, 1.54) is 28.5 Å². The molecule has 4 aliphatic carbocycles. The van der Waals surface area contributed by atoms with Gasteiger partial charge in [-0.3, -0.25) is 9.59 Å². The van der Waals surface area contributed by atoms with Crippen LogP contribution in [0.5, 0.6) is 0 Å². The van der Waals surface area contributed by atoms with E-state index in [1.54, 1.807) is 19.2 Å². The van der Waals surface area contributed by atoms with Crippen molar-refractivity contribution in [1.29, 1.82) is 0 Å². The van der Waals surface area contributed by atoms with E-state index in [-0.39, 0.29) is 31.5 Å². The summed E-state index contributed by atoms with van der Waals surface area (Å²) in [7, 11) is 2.98. The molecule has 11 heteroatoms. The predicted molar refractivity (Wildman–Crippen MR) is 154 cm³/mol. The van der Waals surface area contributed by atoms with Crippen molar-refractivity contribution in [2.75, 3.05) is 19.0 Å². The number of fused-ring (bicyclic) bond motifs is 5. The average molecular weight is 604 g/mol. The molecular weight excluding hydrogens is 566 g/mol. The van der Waals surface area contributed by atoms with Crippen molar-refractivity contribution in [3.05, 3.63) is 47.7 Å². The quantitative estimate of drug-likeness (QED) is 0.188. The van der Waals surface area contributed by atoms with Gasteiger partial charge in [-0.1, -0.05) is 49.8 Å². The van der Waals surface area contributed by atoms with Crippen molar-refractivity contribution in [3.8, 4) is 0 Å². The number of Topliss-reactive ketones (excluding diaryl/α,β-unsaturated/α-hetero) is 1. The largest absolute Gasteiger partial charge is 0.508 e. The van der Waals surface area contributed by atoms with Crippen molar-refractivity contribution in [2.45, 2.75) is 69.3 Å². The molecule has 0 spiro atoms. The number of ketones is 1. The zero-order valence-corrected chi connectivity index (χ0v) is 25.5. The Morgan fingerprint density at radius 3 is 2.61 bits per heavy atom. The van der Waals surface area contributed by atoms with Gasteiger partial charge >= 0.3 is 12.1 Å². The second-order valence-electron chi connectivity index (χ2n) is 12.2. The highest BCUT2D eigenvalue weighted by atomic mass is 33.1. The van der Waals surface area contributed by atoms with E-state index >= 15 is 0 Å². The molecule has 1 aromatic heterocycles. The van der Waals surface area contributed by atoms with Gasteiger partial charge in [0.05, 0.1) is 5.60 Å². The van der Waals surface area contributed by atoms with E-state index in [2.05, 4.69) is 4.98 Å². The zero-order valence-electron chi connectivity index (χ0n) is 23.9. The lowest BCUT2D eigenvalue weighted by Crippen LogP contribution is -2.61. The van der Waals surface area contributed by atoms with Crippen molar-refractivity contribution < 1.29 is 38.8 Å². The predicted octanol–water partition coefficient (Wildman–Crippen LogP) is 4.53. The molecule has 4 aliphatic rings. The molecule has 0 aromatic carbocycles. The molecule has 2 saturated carbocycles. The van der Waals surface area contributed by atoms with E-state index < -0.39 is 51.9 Å². The number of pyridine rings is 1. The lowest BCUT2D eigenvalue weighted by Gasteiger charge is -2.50. The Morgan fingerprint density at radius 2 is 1.93 bits per heavy atom. The first-order valence-corrected chi connectivity index (χ1v) is 16.2. The summed E-state index contributed by atoms with van der Waals surface area (Å²) < 4.78 is 16.6. The van der Waals surface area contributed by atoms with Crippen LogP contribution in [0, 0.1) is 29.1 Å². The number of carbonyl (C=O) groups is 3. The standard InChI is InChI=1S/C30H37NO8S2/c1-17-12-22-28(35,25(17)33)15-20(16-38-26(34)37-10-11-40-41-23-8-6-7-9-31-23)13-21-24-27(4,5)29(24,39-19(3)32)14-18(2)30(21,22)36/h6-9,12-13,18,21-22,24,35-36H,10-11,14-16H2,1-5H3/t18-,21+,22-,24+,28-,29+,30-/m1/s1. The monoisotopic (exact) mass is 603 g/mol. The fourth-order valence-electron chi connectivity index (χ4n) is 7.70. The van der Waals surface area contributed by atoms with Crippen LogP contribution in [0.1, 0.15) is 47.5 Å². The van der Waals surface area contributed by atoms with E-state index in [9.17, 15) is 24.6 Å². The summed E-state index contributed by atoms with van der Waals surface area (Å²) in [6.07, 6.45) is 4.70. The van der Waals surface area contributed by atoms with Crippen molar-refractivity contribution in [2.24, 2.45) is 29.1 Å². The number of aliphatic hydroxyl groups is 2. The summed E-state index contributed by atoms with van der Waals surface area (Å²) in [6, 6.07) is 5.63. The molecule has 2 N–H and O–H groups in total. The van der Waals surface area contributed by atoms with E-state index in [1.807, 2.05) is 45.0 Å². The molecule has 0 aliphatic heterocycles. The lowest BCUT2D eigenvalue weighted by atomic mass is 9.60. The Balaban J connectivity index is 1.32. The van der Waals surface area contributed by atoms with Crippen LogP contribution in [-0.2, 0) is 23.8 Å². The molecule has 0 bridgehead atoms. The first-order valence-electron chi connectivity index (χ1n) is 13.8. The van der Waals surface area contributed by atoms with E-state index in [0.29, 0.717) is 23.3 Å². The van der Waals surface area contributed by atoms with Crippen molar-refractivity contribution in [1.82, 2.24) is 4.98 Å². The van der Waals surface area contributed by atoms with Gasteiger partial charge in [-0.15, -0.1) is 0 Å². The van der Waals surface area contributed by atoms with Crippen LogP contribution < -0.4 is 0 Å². The second-order valence-corrected chi connectivity index (χ2v) is 14.7. The Labute approximate surface area is 247 Å². The first-order chi connectivity index (χ1) is 19.3. The Kier molecular flexibility index (Phi) is 7.89. The fourth-order valence-corrected chi connectivity index (χ4v) is 9.40. The fraction of sp³-hybridized carbons (Fsp3) is 0.600. The number of aromatic nitrogens is 1. The van der Waals surface area contributed by atoms with Gasteiger partial charge in [0, 0.05) is 48.5 Å². The first kappa shape index (κ1) is 30.1. The van der Waals surface area contributed by atoms with Gasteiger partial charge < -0.3 is 24.4 Å². The summed E-state index contributed by atoms with van der Waals surface area (Å²) in [6.45, 7) is 8.88. The minimum absolute atomic E-state index is 0.0898. The number of carbonyl (C=O) groups excluding carboxylic acids is 3.